The molecule has 182 valence electrons. The molecular weight excluding hydrogens is 470 g/mol. The lowest BCUT2D eigenvalue weighted by atomic mass is 10.2. The van der Waals surface area contributed by atoms with Crippen molar-refractivity contribution in [2.24, 2.45) is 0 Å². The first-order chi connectivity index (χ1) is 16.6. The smallest absolute Gasteiger partial charge is 0.419 e. The number of amides is 2. The monoisotopic (exact) mass is 489 g/mol. The van der Waals surface area contributed by atoms with Crippen molar-refractivity contribution in [2.45, 2.75) is 31.1 Å². The largest absolute Gasteiger partial charge is 0.455 e. The van der Waals surface area contributed by atoms with Crippen molar-refractivity contribution in [1.29, 1.82) is 0 Å². The van der Waals surface area contributed by atoms with Gasteiger partial charge in [0.1, 0.15) is 22.9 Å². The van der Waals surface area contributed by atoms with Crippen LogP contribution in [-0.4, -0.2) is 27.3 Å². The molecule has 0 spiro atoms. The van der Waals surface area contributed by atoms with Crippen molar-refractivity contribution < 1.29 is 31.9 Å². The third-order valence-electron chi connectivity index (χ3n) is 5.29. The molecule has 0 unspecified atom stereocenters. The van der Waals surface area contributed by atoms with E-state index >= 15 is 0 Å². The lowest BCUT2D eigenvalue weighted by molar-refractivity contribution is -0.138. The zero-order chi connectivity index (χ0) is 25.2. The summed E-state index contributed by atoms with van der Waals surface area (Å²) in [6, 6.07) is 6.82. The van der Waals surface area contributed by atoms with E-state index in [0.29, 0.717) is 18.5 Å². The van der Waals surface area contributed by atoms with E-state index in [0.717, 1.165) is 24.4 Å². The Labute approximate surface area is 196 Å². The highest BCUT2D eigenvalue weighted by Gasteiger charge is 2.51. The molecular formula is C23H19F4N5O3. The van der Waals surface area contributed by atoms with Gasteiger partial charge < -0.3 is 21.1 Å². The highest BCUT2D eigenvalue weighted by atomic mass is 19.4. The molecule has 2 amide bonds. The number of nitrogen functional groups attached to an aromatic ring is 1. The minimum Gasteiger partial charge on any atom is -0.455 e. The van der Waals surface area contributed by atoms with Crippen molar-refractivity contribution in [3.8, 4) is 11.5 Å². The van der Waals surface area contributed by atoms with Gasteiger partial charge in [-0.05, 0) is 31.0 Å². The molecule has 0 bridgehead atoms. The minimum atomic E-state index is -4.65. The number of pyridine rings is 2. The maximum Gasteiger partial charge on any atom is 0.419 e. The number of para-hydroxylation sites is 1. The fourth-order valence-corrected chi connectivity index (χ4v) is 3.29. The summed E-state index contributed by atoms with van der Waals surface area (Å²) >= 11 is 0. The van der Waals surface area contributed by atoms with E-state index in [4.69, 9.17) is 10.5 Å². The number of carbonyl (C=O) groups excluding carboxylic acids is 2. The van der Waals surface area contributed by atoms with Gasteiger partial charge in [0.2, 0.25) is 5.91 Å². The number of nitrogens with zero attached hydrogens (tertiary/aromatic N) is 2. The Morgan fingerprint density at radius 3 is 2.51 bits per heavy atom. The predicted octanol–water partition coefficient (Wildman–Crippen LogP) is 3.59. The highest BCUT2D eigenvalue weighted by Crippen LogP contribution is 2.38. The van der Waals surface area contributed by atoms with Crippen LogP contribution in [0.3, 0.4) is 0 Å². The molecule has 1 saturated carbocycles. The van der Waals surface area contributed by atoms with Gasteiger partial charge in [0, 0.05) is 18.5 Å². The fraction of sp³-hybridized carbons (Fsp3) is 0.217. The molecule has 1 aliphatic carbocycles. The number of ether oxygens (including phenoxy) is 1. The van der Waals surface area contributed by atoms with E-state index in [1.54, 1.807) is 0 Å². The molecule has 35 heavy (non-hydrogen) atoms. The summed E-state index contributed by atoms with van der Waals surface area (Å²) in [7, 11) is 0. The van der Waals surface area contributed by atoms with Gasteiger partial charge in [0.05, 0.1) is 35.2 Å². The number of hydrogen-bond acceptors (Lipinski definition) is 6. The van der Waals surface area contributed by atoms with Gasteiger partial charge in [0.25, 0.3) is 5.91 Å². The molecule has 12 heteroatoms. The molecule has 4 N–H and O–H groups in total. The van der Waals surface area contributed by atoms with Crippen LogP contribution in [-0.2, 0) is 17.5 Å². The average molecular weight is 489 g/mol. The molecule has 3 aromatic rings. The van der Waals surface area contributed by atoms with Crippen LogP contribution < -0.4 is 21.1 Å². The van der Waals surface area contributed by atoms with Crippen LogP contribution in [0.15, 0.2) is 55.0 Å². The van der Waals surface area contributed by atoms with Crippen molar-refractivity contribution in [2.75, 3.05) is 5.73 Å². The Balaban J connectivity index is 1.38. The van der Waals surface area contributed by atoms with Crippen LogP contribution in [0.1, 0.15) is 34.5 Å². The summed E-state index contributed by atoms with van der Waals surface area (Å²) in [6.45, 7) is -0.304. The molecule has 1 aromatic carbocycles. The summed E-state index contributed by atoms with van der Waals surface area (Å²) in [6.07, 6.45) is -0.119. The minimum absolute atomic E-state index is 0.156. The van der Waals surface area contributed by atoms with E-state index in [1.807, 2.05) is 0 Å². The van der Waals surface area contributed by atoms with E-state index in [-0.39, 0.29) is 23.6 Å². The Bertz CT molecular complexity index is 1280. The molecule has 2 heterocycles. The van der Waals surface area contributed by atoms with Gasteiger partial charge >= 0.3 is 6.18 Å². The molecule has 0 aliphatic heterocycles. The number of halogens is 4. The Morgan fingerprint density at radius 2 is 1.86 bits per heavy atom. The van der Waals surface area contributed by atoms with E-state index in [2.05, 4.69) is 20.6 Å². The second kappa shape index (κ2) is 9.20. The molecule has 1 aliphatic rings. The van der Waals surface area contributed by atoms with Gasteiger partial charge in [-0.3, -0.25) is 19.6 Å². The summed E-state index contributed by atoms with van der Waals surface area (Å²) in [5, 5.41) is 5.17. The van der Waals surface area contributed by atoms with Gasteiger partial charge in [-0.15, -0.1) is 0 Å². The number of anilines is 1. The zero-order valence-corrected chi connectivity index (χ0v) is 18.0. The fourth-order valence-electron chi connectivity index (χ4n) is 3.29. The van der Waals surface area contributed by atoms with Crippen LogP contribution in [0, 0.1) is 5.82 Å². The Hall–Kier alpha value is -4.22. The maximum absolute atomic E-state index is 14.5. The van der Waals surface area contributed by atoms with Crippen LogP contribution in [0.4, 0.5) is 23.2 Å². The first-order valence-electron chi connectivity index (χ1n) is 10.4. The van der Waals surface area contributed by atoms with Crippen LogP contribution in [0.5, 0.6) is 11.5 Å². The summed E-state index contributed by atoms with van der Waals surface area (Å²) in [5.41, 5.74) is 3.80. The summed E-state index contributed by atoms with van der Waals surface area (Å²) in [4.78, 5) is 32.7. The Kier molecular flexibility index (Phi) is 6.29. The van der Waals surface area contributed by atoms with Gasteiger partial charge in [-0.1, -0.05) is 12.1 Å². The van der Waals surface area contributed by atoms with Gasteiger partial charge in [-0.25, -0.2) is 4.39 Å². The topological polar surface area (TPSA) is 119 Å². The third-order valence-corrected chi connectivity index (χ3v) is 5.29. The standard InChI is InChI=1S/C23H19F4N5O3/c24-17-8-15(35-19-4-2-1-3-16(19)23(25,26)27)11-30-18(17)12-31-21(34)22(5-6-22)32-20(33)13-7-14(28)10-29-9-13/h1-4,7-11H,5-6,12,28H2,(H,31,34)(H,32,33). The number of carbonyl (C=O) groups is 2. The van der Waals surface area contributed by atoms with Crippen LogP contribution >= 0.6 is 0 Å². The average Bonchev–Trinajstić information content (AvgIpc) is 3.58. The van der Waals surface area contributed by atoms with Crippen LogP contribution in [0.2, 0.25) is 0 Å². The second-order valence-electron chi connectivity index (χ2n) is 7.92. The molecule has 1 fully saturated rings. The number of nitrogens with one attached hydrogen (secondary N) is 2. The highest BCUT2D eigenvalue weighted by molar-refractivity contribution is 6.00. The molecule has 0 atom stereocenters. The number of benzene rings is 1. The number of alkyl halides is 3. The van der Waals surface area contributed by atoms with Crippen LogP contribution in [0.25, 0.3) is 0 Å². The molecule has 0 radical (unpaired) electrons. The first kappa shape index (κ1) is 23.9. The van der Waals surface area contributed by atoms with Gasteiger partial charge in [-0.2, -0.15) is 13.2 Å². The lowest BCUT2D eigenvalue weighted by Gasteiger charge is -2.17. The van der Waals surface area contributed by atoms with Crippen molar-refractivity contribution in [3.63, 3.8) is 0 Å². The molecule has 2 aromatic heterocycles. The van der Waals surface area contributed by atoms with Crippen molar-refractivity contribution in [3.05, 3.63) is 77.6 Å². The molecule has 8 nitrogen and oxygen atoms in total. The van der Waals surface area contributed by atoms with E-state index < -0.39 is 40.7 Å². The Morgan fingerprint density at radius 1 is 1.11 bits per heavy atom. The quantitative estimate of drug-likeness (QED) is 0.437. The SMILES string of the molecule is Nc1cncc(C(=O)NC2(C(=O)NCc3ncc(Oc4ccccc4C(F)(F)F)cc3F)CC2)c1. The normalized spacial score (nSPS) is 14.2. The number of hydrogen-bond donors (Lipinski definition) is 3. The molecule has 0 saturated heterocycles. The lowest BCUT2D eigenvalue weighted by Crippen LogP contribution is -2.48. The second-order valence-corrected chi connectivity index (χ2v) is 7.92. The predicted molar refractivity (Wildman–Crippen MR) is 116 cm³/mol. The molecule has 4 rings (SSSR count). The maximum atomic E-state index is 14.5. The van der Waals surface area contributed by atoms with Gasteiger partial charge in [0.15, 0.2) is 0 Å². The van der Waals surface area contributed by atoms with Crippen molar-refractivity contribution >= 4 is 17.5 Å². The summed E-state index contributed by atoms with van der Waals surface area (Å²) in [5.74, 6) is -2.67. The summed E-state index contributed by atoms with van der Waals surface area (Å²) < 4.78 is 59.1. The van der Waals surface area contributed by atoms with E-state index in [9.17, 15) is 27.2 Å². The van der Waals surface area contributed by atoms with Crippen molar-refractivity contribution in [1.82, 2.24) is 20.6 Å². The number of rotatable bonds is 7. The number of aromatic nitrogens is 2. The zero-order valence-electron chi connectivity index (χ0n) is 18.0. The third kappa shape index (κ3) is 5.48. The van der Waals surface area contributed by atoms with E-state index in [1.165, 1.54) is 30.6 Å². The number of nitrogens with two attached hydrogens (primary N) is 1. The first-order valence-corrected chi connectivity index (χ1v) is 10.4.